The van der Waals surface area contributed by atoms with E-state index in [2.05, 4.69) is 20.3 Å². The first-order valence-electron chi connectivity index (χ1n) is 9.94. The Bertz CT molecular complexity index is 1110. The van der Waals surface area contributed by atoms with E-state index in [9.17, 15) is 9.59 Å². The maximum absolute atomic E-state index is 12.8. The second-order valence-corrected chi connectivity index (χ2v) is 8.79. The quantitative estimate of drug-likeness (QED) is 0.627. The Morgan fingerprint density at radius 2 is 2.10 bits per heavy atom. The highest BCUT2D eigenvalue weighted by molar-refractivity contribution is 7.21. The van der Waals surface area contributed by atoms with E-state index in [4.69, 9.17) is 4.74 Å². The molecule has 158 valence electrons. The lowest BCUT2D eigenvalue weighted by Crippen LogP contribution is -2.43. The van der Waals surface area contributed by atoms with Crippen molar-refractivity contribution in [3.05, 3.63) is 52.1 Å². The van der Waals surface area contributed by atoms with Crippen LogP contribution in [0.15, 0.2) is 35.1 Å². The zero-order valence-corrected chi connectivity index (χ0v) is 18.1. The zero-order valence-electron chi connectivity index (χ0n) is 17.3. The van der Waals surface area contributed by atoms with Crippen LogP contribution in [0, 0.1) is 0 Å². The minimum absolute atomic E-state index is 0.0290. The molecule has 0 bridgehead atoms. The van der Waals surface area contributed by atoms with Crippen molar-refractivity contribution >= 4 is 32.7 Å². The number of methoxy groups -OCH3 is 1. The first-order valence-corrected chi connectivity index (χ1v) is 10.8. The molecule has 3 heterocycles. The predicted octanol–water partition coefficient (Wildman–Crippen LogP) is 2.55. The smallest absolute Gasteiger partial charge is 0.278 e. The Morgan fingerprint density at radius 3 is 2.83 bits per heavy atom. The van der Waals surface area contributed by atoms with Crippen molar-refractivity contribution < 1.29 is 9.53 Å². The molecule has 1 fully saturated rings. The summed E-state index contributed by atoms with van der Waals surface area (Å²) in [5.41, 5.74) is 0.331. The molecule has 0 aliphatic carbocycles. The van der Waals surface area contributed by atoms with Crippen LogP contribution in [-0.4, -0.2) is 40.6 Å². The minimum Gasteiger partial charge on any atom is -0.371 e. The summed E-state index contributed by atoms with van der Waals surface area (Å²) in [5, 5.41) is 3.66. The number of aromatic amines is 1. The van der Waals surface area contributed by atoms with Gasteiger partial charge >= 0.3 is 0 Å². The number of thiazole rings is 1. The third kappa shape index (κ3) is 3.95. The molecule has 30 heavy (non-hydrogen) atoms. The van der Waals surface area contributed by atoms with Crippen molar-refractivity contribution in [3.8, 4) is 0 Å². The molecule has 0 spiro atoms. The van der Waals surface area contributed by atoms with E-state index in [1.165, 1.54) is 11.3 Å². The van der Waals surface area contributed by atoms with E-state index >= 15 is 0 Å². The molecule has 4 rings (SSSR count). The topological polar surface area (TPSA) is 100 Å². The van der Waals surface area contributed by atoms with Gasteiger partial charge in [-0.15, -0.1) is 0 Å². The SMILES string of the molecule is COC(C)(C)c1nc2sc(N3CCCC3C(=O)NCc3ccccc3)nc2c(=O)[nH]1. The van der Waals surface area contributed by atoms with Gasteiger partial charge in [0, 0.05) is 20.2 Å². The van der Waals surface area contributed by atoms with Crippen LogP contribution in [0.25, 0.3) is 10.3 Å². The second kappa shape index (κ2) is 8.16. The van der Waals surface area contributed by atoms with Crippen LogP contribution in [0.2, 0.25) is 0 Å². The number of hydrogen-bond acceptors (Lipinski definition) is 7. The molecule has 2 aromatic heterocycles. The first kappa shape index (κ1) is 20.5. The fourth-order valence-corrected chi connectivity index (χ4v) is 4.51. The van der Waals surface area contributed by atoms with Crippen LogP contribution < -0.4 is 15.8 Å². The van der Waals surface area contributed by atoms with Crippen molar-refractivity contribution in [1.82, 2.24) is 20.3 Å². The molecule has 1 unspecified atom stereocenters. The van der Waals surface area contributed by atoms with E-state index in [-0.39, 0.29) is 17.5 Å². The first-order chi connectivity index (χ1) is 14.4. The number of rotatable bonds is 6. The molecule has 1 aliphatic heterocycles. The van der Waals surface area contributed by atoms with Gasteiger partial charge in [-0.3, -0.25) is 9.59 Å². The fourth-order valence-electron chi connectivity index (χ4n) is 3.50. The fraction of sp³-hybridized carbons (Fsp3) is 0.429. The van der Waals surface area contributed by atoms with Crippen molar-refractivity contribution in [3.63, 3.8) is 0 Å². The number of carbonyl (C=O) groups is 1. The van der Waals surface area contributed by atoms with Crippen molar-refractivity contribution in [1.29, 1.82) is 0 Å². The molecular weight excluding hydrogens is 402 g/mol. The lowest BCUT2D eigenvalue weighted by molar-refractivity contribution is -0.122. The maximum Gasteiger partial charge on any atom is 0.278 e. The third-order valence-corrected chi connectivity index (χ3v) is 6.44. The summed E-state index contributed by atoms with van der Waals surface area (Å²) in [6.07, 6.45) is 1.65. The van der Waals surface area contributed by atoms with Crippen molar-refractivity contribution in [2.24, 2.45) is 0 Å². The number of nitrogens with zero attached hydrogens (tertiary/aromatic N) is 3. The Balaban J connectivity index is 1.57. The number of benzene rings is 1. The van der Waals surface area contributed by atoms with Crippen LogP contribution >= 0.6 is 11.3 Å². The van der Waals surface area contributed by atoms with Crippen LogP contribution in [0.5, 0.6) is 0 Å². The van der Waals surface area contributed by atoms with Gasteiger partial charge in [0.05, 0.1) is 0 Å². The molecule has 1 aromatic carbocycles. The number of aromatic nitrogens is 3. The number of H-pyrrole nitrogens is 1. The van der Waals surface area contributed by atoms with Gasteiger partial charge in [0.2, 0.25) is 5.91 Å². The highest BCUT2D eigenvalue weighted by atomic mass is 32.1. The van der Waals surface area contributed by atoms with Crippen molar-refractivity contribution in [2.45, 2.75) is 44.9 Å². The Kier molecular flexibility index (Phi) is 5.57. The van der Waals surface area contributed by atoms with Crippen LogP contribution in [-0.2, 0) is 21.7 Å². The third-order valence-electron chi connectivity index (χ3n) is 5.45. The molecule has 2 N–H and O–H groups in total. The maximum atomic E-state index is 12.8. The van der Waals surface area contributed by atoms with Gasteiger partial charge in [-0.1, -0.05) is 41.7 Å². The molecule has 1 saturated heterocycles. The van der Waals surface area contributed by atoms with Crippen LogP contribution in [0.4, 0.5) is 5.13 Å². The normalized spacial score (nSPS) is 16.9. The number of anilines is 1. The monoisotopic (exact) mass is 427 g/mol. The Hall–Kier alpha value is -2.78. The van der Waals surface area contributed by atoms with Crippen LogP contribution in [0.3, 0.4) is 0 Å². The molecule has 1 atom stereocenters. The van der Waals surface area contributed by atoms with Gasteiger partial charge in [0.25, 0.3) is 5.56 Å². The number of carbonyl (C=O) groups excluding carboxylic acids is 1. The Morgan fingerprint density at radius 1 is 1.33 bits per heavy atom. The van der Waals surface area contributed by atoms with Gasteiger partial charge < -0.3 is 19.9 Å². The average molecular weight is 428 g/mol. The molecule has 9 heteroatoms. The summed E-state index contributed by atoms with van der Waals surface area (Å²) in [4.78, 5) is 39.8. The van der Waals surface area contributed by atoms with Gasteiger partial charge in [-0.2, -0.15) is 0 Å². The molecule has 0 saturated carbocycles. The molecule has 8 nitrogen and oxygen atoms in total. The van der Waals surface area contributed by atoms with E-state index < -0.39 is 5.60 Å². The van der Waals surface area contributed by atoms with Gasteiger partial charge in [-0.25, -0.2) is 9.97 Å². The van der Waals surface area contributed by atoms with E-state index in [0.717, 1.165) is 24.9 Å². The lowest BCUT2D eigenvalue weighted by Gasteiger charge is -2.23. The molecular formula is C21H25N5O3S. The highest BCUT2D eigenvalue weighted by Crippen LogP contribution is 2.32. The summed E-state index contributed by atoms with van der Waals surface area (Å²) in [6.45, 7) is 4.89. The largest absolute Gasteiger partial charge is 0.371 e. The number of hydrogen-bond donors (Lipinski definition) is 2. The van der Waals surface area contributed by atoms with Crippen molar-refractivity contribution in [2.75, 3.05) is 18.6 Å². The van der Waals surface area contributed by atoms with Gasteiger partial charge in [0.15, 0.2) is 15.5 Å². The molecule has 1 amide bonds. The second-order valence-electron chi connectivity index (χ2n) is 7.83. The average Bonchev–Trinajstić information content (AvgIpc) is 3.40. The van der Waals surface area contributed by atoms with E-state index in [0.29, 0.717) is 27.8 Å². The number of amides is 1. The molecule has 3 aromatic rings. The van der Waals surface area contributed by atoms with E-state index in [1.54, 1.807) is 7.11 Å². The molecule has 1 aliphatic rings. The predicted molar refractivity (Wildman–Crippen MR) is 117 cm³/mol. The summed E-state index contributed by atoms with van der Waals surface area (Å²) in [7, 11) is 1.57. The minimum atomic E-state index is -0.717. The lowest BCUT2D eigenvalue weighted by atomic mass is 10.1. The van der Waals surface area contributed by atoms with E-state index in [1.807, 2.05) is 49.1 Å². The number of nitrogens with one attached hydrogen (secondary N) is 2. The summed E-state index contributed by atoms with van der Waals surface area (Å²) in [5.74, 6) is 0.426. The zero-order chi connectivity index (χ0) is 21.3. The Labute approximate surface area is 178 Å². The summed E-state index contributed by atoms with van der Waals surface area (Å²) >= 11 is 1.33. The number of ether oxygens (including phenoxy) is 1. The summed E-state index contributed by atoms with van der Waals surface area (Å²) in [6, 6.07) is 9.52. The molecule has 0 radical (unpaired) electrons. The summed E-state index contributed by atoms with van der Waals surface area (Å²) < 4.78 is 5.43. The van der Waals surface area contributed by atoms with Gasteiger partial charge in [-0.05, 0) is 32.3 Å². The standard InChI is InChI=1S/C21H25N5O3S/c1-21(2,29-3)19-24-17(28)15-18(25-19)30-20(23-15)26-11-7-10-14(26)16(27)22-12-13-8-5-4-6-9-13/h4-6,8-9,14H,7,10-12H2,1-3H3,(H,22,27)(H,24,25,28). The number of fused-ring (bicyclic) bond motifs is 1. The van der Waals surface area contributed by atoms with Gasteiger partial charge in [0.1, 0.15) is 17.5 Å². The van der Waals surface area contributed by atoms with Crippen LogP contribution in [0.1, 0.15) is 38.1 Å². The highest BCUT2D eigenvalue weighted by Gasteiger charge is 2.33.